The summed E-state index contributed by atoms with van der Waals surface area (Å²) in [7, 11) is 1.33. The van der Waals surface area contributed by atoms with E-state index in [4.69, 9.17) is 15.2 Å². The lowest BCUT2D eigenvalue weighted by molar-refractivity contribution is -0.153. The molecule has 5 nitrogen and oxygen atoms in total. The van der Waals surface area contributed by atoms with Gasteiger partial charge < -0.3 is 20.5 Å². The minimum Gasteiger partial charge on any atom is -0.493 e. The highest BCUT2D eigenvalue weighted by molar-refractivity contribution is 5.93. The molecule has 142 valence electrons. The molecule has 0 saturated heterocycles. The predicted octanol–water partition coefficient (Wildman–Crippen LogP) is 3.37. The van der Waals surface area contributed by atoms with Gasteiger partial charge in [-0.1, -0.05) is 6.42 Å². The van der Waals surface area contributed by atoms with Crippen LogP contribution in [0.25, 0.3) is 0 Å². The zero-order valence-electron chi connectivity index (χ0n) is 13.8. The van der Waals surface area contributed by atoms with Crippen LogP contribution in [0.15, 0.2) is 18.2 Å². The van der Waals surface area contributed by atoms with Crippen LogP contribution >= 0.6 is 12.4 Å². The van der Waals surface area contributed by atoms with E-state index in [2.05, 4.69) is 5.32 Å². The van der Waals surface area contributed by atoms with Gasteiger partial charge in [0.1, 0.15) is 0 Å². The van der Waals surface area contributed by atoms with Gasteiger partial charge in [0.2, 0.25) is 5.91 Å². The molecule has 0 heterocycles. The molecule has 2 atom stereocenters. The Labute approximate surface area is 150 Å². The molecule has 0 aromatic heterocycles. The number of ether oxygens (including phenoxy) is 2. The number of amides is 1. The van der Waals surface area contributed by atoms with Gasteiger partial charge in [0.15, 0.2) is 18.1 Å². The topological polar surface area (TPSA) is 73.6 Å². The standard InChI is InChI=1S/C16H21F3N2O3.ClH/c1-23-13-6-5-11(7-14(13)24-9-16(17,18)19)21-15(22)12-4-2-3-10(12)8-20;/h5-7,10,12H,2-4,8-9,20H2,1H3,(H,21,22);1H/t10-,12-;/m1./s1. The normalized spacial score (nSPS) is 19.9. The highest BCUT2D eigenvalue weighted by atomic mass is 35.5. The molecule has 0 radical (unpaired) electrons. The number of hydrogen-bond donors (Lipinski definition) is 2. The largest absolute Gasteiger partial charge is 0.493 e. The van der Waals surface area contributed by atoms with Crippen LogP contribution in [0.5, 0.6) is 11.5 Å². The van der Waals surface area contributed by atoms with Crippen LogP contribution in [-0.4, -0.2) is 32.3 Å². The molecule has 9 heteroatoms. The fourth-order valence-corrected chi connectivity index (χ4v) is 2.93. The smallest absolute Gasteiger partial charge is 0.422 e. The van der Waals surface area contributed by atoms with E-state index >= 15 is 0 Å². The highest BCUT2D eigenvalue weighted by Gasteiger charge is 2.32. The number of carbonyl (C=O) groups excluding carboxylic acids is 1. The molecule has 0 unspecified atom stereocenters. The number of anilines is 1. The minimum absolute atomic E-state index is 0. The summed E-state index contributed by atoms with van der Waals surface area (Å²) in [6.07, 6.45) is -1.83. The summed E-state index contributed by atoms with van der Waals surface area (Å²) < 4.78 is 46.7. The van der Waals surface area contributed by atoms with Gasteiger partial charge in [-0.05, 0) is 37.4 Å². The molecule has 25 heavy (non-hydrogen) atoms. The second-order valence-corrected chi connectivity index (χ2v) is 5.79. The Morgan fingerprint density at radius 1 is 1.32 bits per heavy atom. The van der Waals surface area contributed by atoms with E-state index in [1.54, 1.807) is 6.07 Å². The van der Waals surface area contributed by atoms with Crippen molar-refractivity contribution in [1.82, 2.24) is 0 Å². The third kappa shape index (κ3) is 5.97. The summed E-state index contributed by atoms with van der Waals surface area (Å²) in [4.78, 5) is 12.3. The van der Waals surface area contributed by atoms with Crippen LogP contribution in [0.2, 0.25) is 0 Å². The highest BCUT2D eigenvalue weighted by Crippen LogP contribution is 2.34. The SMILES string of the molecule is COc1ccc(NC(=O)[C@@H]2CCC[C@@H]2CN)cc1OCC(F)(F)F.Cl. The second-order valence-electron chi connectivity index (χ2n) is 5.79. The number of carbonyl (C=O) groups is 1. The number of halogens is 4. The average Bonchev–Trinajstić information content (AvgIpc) is 3.01. The molecule has 3 N–H and O–H groups in total. The molecule has 1 aromatic rings. The van der Waals surface area contributed by atoms with Crippen LogP contribution in [-0.2, 0) is 4.79 Å². The Morgan fingerprint density at radius 2 is 2.04 bits per heavy atom. The first kappa shape index (κ1) is 21.4. The maximum absolute atomic E-state index is 12.3. The lowest BCUT2D eigenvalue weighted by Gasteiger charge is -2.18. The third-order valence-corrected chi connectivity index (χ3v) is 4.12. The maximum atomic E-state index is 12.3. The minimum atomic E-state index is -4.46. The lowest BCUT2D eigenvalue weighted by Crippen LogP contribution is -2.29. The van der Waals surface area contributed by atoms with E-state index < -0.39 is 12.8 Å². The number of nitrogens with one attached hydrogen (secondary N) is 1. The second kappa shape index (κ2) is 9.15. The number of nitrogens with two attached hydrogens (primary N) is 1. The number of alkyl halides is 3. The van der Waals surface area contributed by atoms with Crippen molar-refractivity contribution in [1.29, 1.82) is 0 Å². The van der Waals surface area contributed by atoms with Crippen LogP contribution < -0.4 is 20.5 Å². The van der Waals surface area contributed by atoms with Gasteiger partial charge in [0.05, 0.1) is 7.11 Å². The lowest BCUT2D eigenvalue weighted by atomic mass is 9.95. The molecule has 0 spiro atoms. The van der Waals surface area contributed by atoms with Crippen molar-refractivity contribution in [2.45, 2.75) is 25.4 Å². The molecule has 0 bridgehead atoms. The van der Waals surface area contributed by atoms with Crippen molar-refractivity contribution in [2.24, 2.45) is 17.6 Å². The molecule has 2 rings (SSSR count). The Kier molecular flexibility index (Phi) is 7.82. The van der Waals surface area contributed by atoms with Gasteiger partial charge in [-0.2, -0.15) is 13.2 Å². The molecule has 0 aliphatic heterocycles. The average molecular weight is 383 g/mol. The van der Waals surface area contributed by atoms with Crippen molar-refractivity contribution >= 4 is 24.0 Å². The molecule has 1 aromatic carbocycles. The van der Waals surface area contributed by atoms with Crippen LogP contribution in [0.1, 0.15) is 19.3 Å². The molecule has 1 saturated carbocycles. The Balaban J connectivity index is 0.00000312. The maximum Gasteiger partial charge on any atom is 0.422 e. The van der Waals surface area contributed by atoms with Crippen molar-refractivity contribution in [2.75, 3.05) is 25.6 Å². The third-order valence-electron chi connectivity index (χ3n) is 4.12. The molecule has 1 fully saturated rings. The molecule has 1 aliphatic rings. The van der Waals surface area contributed by atoms with E-state index in [9.17, 15) is 18.0 Å². The Morgan fingerprint density at radius 3 is 2.64 bits per heavy atom. The summed E-state index contributed by atoms with van der Waals surface area (Å²) in [5.74, 6) is -0.108. The quantitative estimate of drug-likeness (QED) is 0.791. The van der Waals surface area contributed by atoms with Gasteiger partial charge in [0.25, 0.3) is 0 Å². The molecular formula is C16H22ClF3N2O3. The van der Waals surface area contributed by atoms with Crippen LogP contribution in [0.3, 0.4) is 0 Å². The predicted molar refractivity (Wildman–Crippen MR) is 90.3 cm³/mol. The molecule has 1 amide bonds. The van der Waals surface area contributed by atoms with E-state index in [1.165, 1.54) is 19.2 Å². The number of rotatable bonds is 6. The number of methoxy groups -OCH3 is 1. The van der Waals surface area contributed by atoms with Gasteiger partial charge in [-0.3, -0.25) is 4.79 Å². The summed E-state index contributed by atoms with van der Waals surface area (Å²) in [6.45, 7) is -0.987. The van der Waals surface area contributed by atoms with Gasteiger partial charge >= 0.3 is 6.18 Å². The first-order valence-electron chi connectivity index (χ1n) is 7.72. The fraction of sp³-hybridized carbons (Fsp3) is 0.562. The van der Waals surface area contributed by atoms with Gasteiger partial charge in [-0.15, -0.1) is 12.4 Å². The molecule has 1 aliphatic carbocycles. The number of benzene rings is 1. The van der Waals surface area contributed by atoms with Crippen LogP contribution in [0.4, 0.5) is 18.9 Å². The van der Waals surface area contributed by atoms with E-state index in [-0.39, 0.29) is 41.6 Å². The summed E-state index contributed by atoms with van der Waals surface area (Å²) in [5, 5.41) is 2.73. The van der Waals surface area contributed by atoms with Crippen molar-refractivity contribution in [3.8, 4) is 11.5 Å². The Bertz CT molecular complexity index is 584. The monoisotopic (exact) mass is 382 g/mol. The summed E-state index contributed by atoms with van der Waals surface area (Å²) >= 11 is 0. The first-order chi connectivity index (χ1) is 11.3. The van der Waals surface area contributed by atoms with Crippen LogP contribution in [0, 0.1) is 11.8 Å². The van der Waals surface area contributed by atoms with Gasteiger partial charge in [0, 0.05) is 17.7 Å². The molecular weight excluding hydrogens is 361 g/mol. The van der Waals surface area contributed by atoms with E-state index in [0.717, 1.165) is 19.3 Å². The first-order valence-corrected chi connectivity index (χ1v) is 7.72. The van der Waals surface area contributed by atoms with E-state index in [0.29, 0.717) is 12.2 Å². The zero-order valence-corrected chi connectivity index (χ0v) is 14.6. The number of hydrogen-bond acceptors (Lipinski definition) is 4. The Hall–Kier alpha value is -1.67. The van der Waals surface area contributed by atoms with E-state index in [1.807, 2.05) is 0 Å². The van der Waals surface area contributed by atoms with Crippen molar-refractivity contribution < 1.29 is 27.4 Å². The summed E-state index contributed by atoms with van der Waals surface area (Å²) in [5.41, 5.74) is 6.04. The van der Waals surface area contributed by atoms with Gasteiger partial charge in [-0.25, -0.2) is 0 Å². The summed E-state index contributed by atoms with van der Waals surface area (Å²) in [6, 6.07) is 4.34. The van der Waals surface area contributed by atoms with Crippen molar-refractivity contribution in [3.63, 3.8) is 0 Å². The fourth-order valence-electron chi connectivity index (χ4n) is 2.93. The zero-order chi connectivity index (χ0) is 17.7. The van der Waals surface area contributed by atoms with Crippen molar-refractivity contribution in [3.05, 3.63) is 18.2 Å².